The van der Waals surface area contributed by atoms with Crippen molar-refractivity contribution in [2.24, 2.45) is 5.41 Å². The highest BCUT2D eigenvalue weighted by molar-refractivity contribution is 7.97. The molecule has 0 spiro atoms. The predicted octanol–water partition coefficient (Wildman–Crippen LogP) is 4.55. The number of carbonyl (C=O) groups excluding carboxylic acids is 2. The number of carbonyl (C=O) groups is 2. The first-order valence-electron chi connectivity index (χ1n) is 9.63. The van der Waals surface area contributed by atoms with Crippen LogP contribution < -0.4 is 4.74 Å². The maximum Gasteiger partial charge on any atom is 0.317 e. The van der Waals surface area contributed by atoms with Gasteiger partial charge in [-0.25, -0.2) is 0 Å². The third-order valence-corrected chi connectivity index (χ3v) is 7.96. The summed E-state index contributed by atoms with van der Waals surface area (Å²) in [6, 6.07) is 7.17. The van der Waals surface area contributed by atoms with Crippen molar-refractivity contribution in [1.82, 2.24) is 0 Å². The number of Topliss-reactive ketones (excluding diaryl/α,β-unsaturated/α-hetero) is 1. The molecule has 0 aromatic heterocycles. The molecule has 2 fully saturated rings. The molecule has 0 unspecified atom stereocenters. The maximum atomic E-state index is 12.7. The Hall–Kier alpha value is -1.29. The Balaban J connectivity index is 1.60. The summed E-state index contributed by atoms with van der Waals surface area (Å²) in [7, 11) is 0.283. The molecule has 1 heterocycles. The number of hydrogen-bond acceptors (Lipinski definition) is 3. The molecule has 0 radical (unpaired) electrons. The van der Waals surface area contributed by atoms with E-state index in [0.717, 1.165) is 44.1 Å². The second-order valence-electron chi connectivity index (χ2n) is 7.45. The Bertz CT molecular complexity index is 596. The van der Waals surface area contributed by atoms with Gasteiger partial charge in [-0.05, 0) is 67.3 Å². The summed E-state index contributed by atoms with van der Waals surface area (Å²) in [5.74, 6) is 3.80. The molecule has 1 aliphatic carbocycles. The molecule has 0 N–H and O–H groups in total. The van der Waals surface area contributed by atoms with Gasteiger partial charge in [-0.1, -0.05) is 26.2 Å². The van der Waals surface area contributed by atoms with Gasteiger partial charge in [-0.15, -0.1) is 0 Å². The van der Waals surface area contributed by atoms with E-state index in [1.165, 1.54) is 24.3 Å². The van der Waals surface area contributed by atoms with Gasteiger partial charge in [-0.2, -0.15) is 0 Å². The Kier molecular flexibility index (Phi) is 6.21. The monoisotopic (exact) mass is 361 g/mol. The molecule has 1 aromatic carbocycles. The molecule has 1 saturated carbocycles. The minimum atomic E-state index is -0.285. The predicted molar refractivity (Wildman–Crippen MR) is 103 cm³/mol. The van der Waals surface area contributed by atoms with Gasteiger partial charge < -0.3 is 4.74 Å². The molecule has 3 rings (SSSR count). The van der Waals surface area contributed by atoms with Crippen LogP contribution in [0.1, 0.15) is 68.6 Å². The first-order chi connectivity index (χ1) is 12.1. The van der Waals surface area contributed by atoms with Crippen molar-refractivity contribution in [3.05, 3.63) is 29.8 Å². The molecule has 3 nitrogen and oxygen atoms in total. The van der Waals surface area contributed by atoms with Crippen LogP contribution in [0.5, 0.6) is 5.75 Å². The molecule has 0 atom stereocenters. The Morgan fingerprint density at radius 3 is 2.28 bits per heavy atom. The van der Waals surface area contributed by atoms with E-state index >= 15 is 0 Å². The Labute approximate surface area is 153 Å². The van der Waals surface area contributed by atoms with Crippen LogP contribution in [0.4, 0.5) is 0 Å². The highest BCUT2D eigenvalue weighted by Crippen LogP contribution is 2.43. The topological polar surface area (TPSA) is 43.4 Å². The lowest BCUT2D eigenvalue weighted by molar-refractivity contribution is -0.146. The van der Waals surface area contributed by atoms with Crippen molar-refractivity contribution in [2.75, 3.05) is 17.3 Å². The fourth-order valence-electron chi connectivity index (χ4n) is 4.14. The summed E-state index contributed by atoms with van der Waals surface area (Å²) in [5, 5.41) is 0. The maximum absolute atomic E-state index is 12.7. The van der Waals surface area contributed by atoms with E-state index in [4.69, 9.17) is 4.74 Å². The van der Waals surface area contributed by atoms with Crippen LogP contribution in [-0.2, 0) is 15.7 Å². The van der Waals surface area contributed by atoms with Crippen LogP contribution in [0.2, 0.25) is 0 Å². The summed E-state index contributed by atoms with van der Waals surface area (Å²) < 4.78 is 5.67. The number of esters is 1. The van der Waals surface area contributed by atoms with Gasteiger partial charge in [0.05, 0.1) is 5.41 Å². The van der Waals surface area contributed by atoms with E-state index in [0.29, 0.717) is 11.5 Å². The normalized spacial score (nSPS) is 19.9. The number of hydrogen-bond donors (Lipinski definition) is 0. The van der Waals surface area contributed by atoms with Crippen LogP contribution in [0, 0.1) is 5.41 Å². The highest BCUT2D eigenvalue weighted by Gasteiger charge is 2.41. The molecule has 1 aliphatic heterocycles. The van der Waals surface area contributed by atoms with Gasteiger partial charge in [0.2, 0.25) is 5.78 Å². The van der Waals surface area contributed by atoms with Gasteiger partial charge in [0.25, 0.3) is 0 Å². The molecule has 136 valence electrons. The van der Waals surface area contributed by atoms with Gasteiger partial charge >= 0.3 is 5.97 Å². The third kappa shape index (κ3) is 4.46. The average Bonchev–Trinajstić information content (AvgIpc) is 3.28. The van der Waals surface area contributed by atoms with E-state index in [1.807, 2.05) is 12.1 Å². The largest absolute Gasteiger partial charge is 0.426 e. The molecule has 25 heavy (non-hydrogen) atoms. The van der Waals surface area contributed by atoms with Gasteiger partial charge in [0.1, 0.15) is 17.3 Å². The van der Waals surface area contributed by atoms with Crippen molar-refractivity contribution in [3.8, 4) is 5.75 Å². The van der Waals surface area contributed by atoms with Crippen molar-refractivity contribution < 1.29 is 14.3 Å². The first-order valence-corrected chi connectivity index (χ1v) is 11.4. The fourth-order valence-corrected chi connectivity index (χ4v) is 6.39. The number of rotatable bonds is 7. The lowest BCUT2D eigenvalue weighted by atomic mass is 9.82. The van der Waals surface area contributed by atoms with Gasteiger partial charge in [0.15, 0.2) is 5.75 Å². The lowest BCUT2D eigenvalue weighted by Gasteiger charge is -2.25. The summed E-state index contributed by atoms with van der Waals surface area (Å²) in [5.41, 5.74) is 0.454. The molecule has 1 aromatic rings. The van der Waals surface area contributed by atoms with Crippen LogP contribution in [0.3, 0.4) is 0 Å². The van der Waals surface area contributed by atoms with Crippen molar-refractivity contribution in [2.45, 2.75) is 58.3 Å². The average molecular weight is 362 g/mol. The van der Waals surface area contributed by atoms with Crippen molar-refractivity contribution in [3.63, 3.8) is 0 Å². The van der Waals surface area contributed by atoms with Crippen molar-refractivity contribution >= 4 is 22.6 Å². The summed E-state index contributed by atoms with van der Waals surface area (Å²) in [6.45, 7) is 2.12. The Morgan fingerprint density at radius 1 is 1.04 bits per heavy atom. The fraction of sp³-hybridized carbons (Fsp3) is 0.619. The molecular weight excluding hydrogens is 332 g/mol. The molecule has 1 saturated heterocycles. The van der Waals surface area contributed by atoms with Gasteiger partial charge in [-0.3, -0.25) is 9.59 Å². The quantitative estimate of drug-likeness (QED) is 0.310. The first kappa shape index (κ1) is 18.5. The van der Waals surface area contributed by atoms with E-state index < -0.39 is 0 Å². The van der Waals surface area contributed by atoms with Crippen LogP contribution >= 0.6 is 0 Å². The number of ketones is 1. The third-order valence-electron chi connectivity index (χ3n) is 5.56. The zero-order valence-electron chi connectivity index (χ0n) is 15.2. The van der Waals surface area contributed by atoms with Crippen LogP contribution in [0.15, 0.2) is 24.3 Å². The number of ether oxygens (including phenoxy) is 1. The SMILES string of the molecule is CCCC1(C(=O)Oc2ccc(C(=O)C[S+]3CCCC3)cc2)CCCC1. The number of benzene rings is 1. The standard InChI is InChI=1S/C21H29O3S/c1-2-11-21(12-3-4-13-21)20(23)24-18-9-7-17(8-10-18)19(22)16-25-14-5-6-15-25/h7-10H,2-6,11-16H2,1H3/q+1. The van der Waals surface area contributed by atoms with E-state index in [1.54, 1.807) is 12.1 Å². The minimum Gasteiger partial charge on any atom is -0.426 e. The molecule has 2 aliphatic rings. The summed E-state index contributed by atoms with van der Waals surface area (Å²) in [6.07, 6.45) is 8.57. The lowest BCUT2D eigenvalue weighted by Crippen LogP contribution is -2.32. The van der Waals surface area contributed by atoms with E-state index in [2.05, 4.69) is 6.92 Å². The van der Waals surface area contributed by atoms with Gasteiger partial charge in [0, 0.05) is 5.56 Å². The summed E-state index contributed by atoms with van der Waals surface area (Å²) in [4.78, 5) is 25.1. The molecule has 4 heteroatoms. The molecule has 0 bridgehead atoms. The summed E-state index contributed by atoms with van der Waals surface area (Å²) >= 11 is 0. The zero-order valence-corrected chi connectivity index (χ0v) is 16.0. The zero-order chi connectivity index (χ0) is 17.7. The van der Waals surface area contributed by atoms with Crippen molar-refractivity contribution in [1.29, 1.82) is 0 Å². The minimum absolute atomic E-state index is 0.0848. The van der Waals surface area contributed by atoms with Crippen LogP contribution in [0.25, 0.3) is 0 Å². The second kappa shape index (κ2) is 8.39. The molecular formula is C21H29O3S+. The smallest absolute Gasteiger partial charge is 0.317 e. The Morgan fingerprint density at radius 2 is 1.68 bits per heavy atom. The van der Waals surface area contributed by atoms with E-state index in [-0.39, 0.29) is 28.1 Å². The van der Waals surface area contributed by atoms with Crippen LogP contribution in [-0.4, -0.2) is 29.0 Å². The van der Waals surface area contributed by atoms with E-state index in [9.17, 15) is 9.59 Å². The highest BCUT2D eigenvalue weighted by atomic mass is 32.2. The molecule has 0 amide bonds. The second-order valence-corrected chi connectivity index (χ2v) is 9.78.